The van der Waals surface area contributed by atoms with Gasteiger partial charge < -0.3 is 20.3 Å². The average molecular weight is 530 g/mol. The zero-order valence-electron chi connectivity index (χ0n) is 19.1. The van der Waals surface area contributed by atoms with Gasteiger partial charge in [0, 0.05) is 44.0 Å². The summed E-state index contributed by atoms with van der Waals surface area (Å²) in [5.74, 6) is 0.882. The maximum Gasteiger partial charge on any atom is 0.191 e. The van der Waals surface area contributed by atoms with Crippen molar-refractivity contribution < 1.29 is 4.74 Å². The van der Waals surface area contributed by atoms with Crippen molar-refractivity contribution in [3.8, 4) is 0 Å². The van der Waals surface area contributed by atoms with Crippen molar-refractivity contribution in [2.24, 2.45) is 4.99 Å². The Bertz CT molecular complexity index is 669. The van der Waals surface area contributed by atoms with Gasteiger partial charge in [-0.2, -0.15) is 0 Å². The number of hydrogen-bond donors (Lipinski definition) is 2. The van der Waals surface area contributed by atoms with Crippen LogP contribution in [0, 0.1) is 0 Å². The summed E-state index contributed by atoms with van der Waals surface area (Å²) in [7, 11) is 0. The summed E-state index contributed by atoms with van der Waals surface area (Å²) in [5, 5.41) is 7.02. The number of nitrogens with one attached hydrogen (secondary N) is 2. The number of benzene rings is 1. The summed E-state index contributed by atoms with van der Waals surface area (Å²) in [6.45, 7) is 16.4. The van der Waals surface area contributed by atoms with Crippen molar-refractivity contribution in [3.63, 3.8) is 0 Å². The number of anilines is 1. The maximum absolute atomic E-state index is 5.50. The molecular formula is C23H40IN5O. The van der Waals surface area contributed by atoms with E-state index in [4.69, 9.17) is 9.73 Å². The first-order chi connectivity index (χ1) is 14.0. The second-order valence-electron chi connectivity index (χ2n) is 8.76. The van der Waals surface area contributed by atoms with Crippen LogP contribution in [0.1, 0.15) is 52.1 Å². The van der Waals surface area contributed by atoms with Crippen molar-refractivity contribution in [2.45, 2.75) is 52.1 Å². The van der Waals surface area contributed by atoms with Crippen LogP contribution in [0.25, 0.3) is 0 Å². The van der Waals surface area contributed by atoms with Crippen LogP contribution in [0.4, 0.5) is 5.69 Å². The highest BCUT2D eigenvalue weighted by Crippen LogP contribution is 2.24. The van der Waals surface area contributed by atoms with Gasteiger partial charge in [0.2, 0.25) is 0 Å². The summed E-state index contributed by atoms with van der Waals surface area (Å²) in [6, 6.07) is 9.13. The van der Waals surface area contributed by atoms with Gasteiger partial charge in [-0.3, -0.25) is 9.89 Å². The Morgan fingerprint density at radius 2 is 1.87 bits per heavy atom. The number of morpholine rings is 1. The zero-order chi connectivity index (χ0) is 20.7. The lowest BCUT2D eigenvalue weighted by Gasteiger charge is -2.40. The third-order valence-corrected chi connectivity index (χ3v) is 6.03. The van der Waals surface area contributed by atoms with Crippen LogP contribution in [0.3, 0.4) is 0 Å². The largest absolute Gasteiger partial charge is 0.379 e. The maximum atomic E-state index is 5.50. The zero-order valence-corrected chi connectivity index (χ0v) is 21.4. The van der Waals surface area contributed by atoms with Gasteiger partial charge in [-0.25, -0.2) is 0 Å². The molecule has 0 spiro atoms. The number of nitrogens with zero attached hydrogens (tertiary/aromatic N) is 3. The molecule has 2 fully saturated rings. The van der Waals surface area contributed by atoms with Crippen molar-refractivity contribution in [3.05, 3.63) is 29.8 Å². The Morgan fingerprint density at radius 3 is 2.53 bits per heavy atom. The van der Waals surface area contributed by atoms with Gasteiger partial charge >= 0.3 is 0 Å². The molecule has 1 atom stereocenters. The lowest BCUT2D eigenvalue weighted by Crippen LogP contribution is -2.52. The van der Waals surface area contributed by atoms with E-state index >= 15 is 0 Å². The molecule has 0 aromatic heterocycles. The molecule has 0 saturated carbocycles. The standard InChI is InChI=1S/C23H39N5O.HI/c1-5-24-22(25-18-23(3,4)28-13-15-29-16-14-28)26-19(2)20-9-8-10-21(17-20)27-11-6-7-12-27;/h8-10,17,19H,5-7,11-16,18H2,1-4H3,(H2,24,25,26);1H. The minimum atomic E-state index is 0. The molecule has 1 aromatic rings. The van der Waals surface area contributed by atoms with Gasteiger partial charge in [-0.05, 0) is 58.2 Å². The molecule has 6 nitrogen and oxygen atoms in total. The number of hydrogen-bond acceptors (Lipinski definition) is 4. The Hall–Kier alpha value is -1.06. The second kappa shape index (κ2) is 12.1. The molecule has 7 heteroatoms. The topological polar surface area (TPSA) is 52.1 Å². The van der Waals surface area contributed by atoms with E-state index in [9.17, 15) is 0 Å². The van der Waals surface area contributed by atoms with Crippen molar-refractivity contribution >= 4 is 35.6 Å². The number of rotatable bonds is 7. The minimum absolute atomic E-state index is 0. The fourth-order valence-corrected chi connectivity index (χ4v) is 4.12. The molecule has 1 unspecified atom stereocenters. The molecule has 0 radical (unpaired) electrons. The van der Waals surface area contributed by atoms with Gasteiger partial charge in [-0.15, -0.1) is 24.0 Å². The van der Waals surface area contributed by atoms with Crippen LogP contribution in [0.5, 0.6) is 0 Å². The van der Waals surface area contributed by atoms with Crippen LogP contribution in [-0.4, -0.2) is 68.9 Å². The summed E-state index contributed by atoms with van der Waals surface area (Å²) < 4.78 is 5.50. The molecule has 0 bridgehead atoms. The van der Waals surface area contributed by atoms with Gasteiger partial charge in [0.25, 0.3) is 0 Å². The molecule has 0 aliphatic carbocycles. The van der Waals surface area contributed by atoms with Crippen molar-refractivity contribution in [1.29, 1.82) is 0 Å². The van der Waals surface area contributed by atoms with E-state index in [0.29, 0.717) is 0 Å². The van der Waals surface area contributed by atoms with Gasteiger partial charge in [0.15, 0.2) is 5.96 Å². The first kappa shape index (κ1) is 25.2. The fraction of sp³-hybridized carbons (Fsp3) is 0.696. The number of guanidine groups is 1. The van der Waals surface area contributed by atoms with Gasteiger partial charge in [-0.1, -0.05) is 12.1 Å². The van der Waals surface area contributed by atoms with Crippen LogP contribution >= 0.6 is 24.0 Å². The van der Waals surface area contributed by atoms with E-state index in [1.165, 1.54) is 37.2 Å². The first-order valence-corrected chi connectivity index (χ1v) is 11.2. The summed E-state index contributed by atoms with van der Waals surface area (Å²) in [6.07, 6.45) is 2.60. The highest BCUT2D eigenvalue weighted by atomic mass is 127. The Kier molecular flexibility index (Phi) is 10.2. The van der Waals surface area contributed by atoms with Crippen LogP contribution < -0.4 is 15.5 Å². The molecule has 2 aliphatic rings. The first-order valence-electron chi connectivity index (χ1n) is 11.2. The molecule has 3 rings (SSSR count). The van der Waals surface area contributed by atoms with Gasteiger partial charge in [0.05, 0.1) is 25.8 Å². The number of aliphatic imine (C=N–C) groups is 1. The quantitative estimate of drug-likeness (QED) is 0.321. The lowest BCUT2D eigenvalue weighted by molar-refractivity contribution is -0.00684. The lowest BCUT2D eigenvalue weighted by atomic mass is 10.0. The van der Waals surface area contributed by atoms with Crippen molar-refractivity contribution in [2.75, 3.05) is 57.4 Å². The molecule has 2 N–H and O–H groups in total. The Morgan fingerprint density at radius 1 is 1.17 bits per heavy atom. The smallest absolute Gasteiger partial charge is 0.191 e. The molecule has 2 aliphatic heterocycles. The molecule has 170 valence electrons. The van der Waals surface area contributed by atoms with Gasteiger partial charge in [0.1, 0.15) is 0 Å². The van der Waals surface area contributed by atoms with Crippen molar-refractivity contribution in [1.82, 2.24) is 15.5 Å². The Labute approximate surface area is 199 Å². The normalized spacial score (nSPS) is 19.3. The summed E-state index contributed by atoms with van der Waals surface area (Å²) in [4.78, 5) is 9.89. The molecular weight excluding hydrogens is 489 g/mol. The monoisotopic (exact) mass is 529 g/mol. The second-order valence-corrected chi connectivity index (χ2v) is 8.76. The minimum Gasteiger partial charge on any atom is -0.379 e. The van der Waals surface area contributed by atoms with E-state index in [0.717, 1.165) is 45.4 Å². The Balaban J connectivity index is 0.00000320. The van der Waals surface area contributed by atoms with E-state index < -0.39 is 0 Å². The highest BCUT2D eigenvalue weighted by molar-refractivity contribution is 14.0. The fourth-order valence-electron chi connectivity index (χ4n) is 4.12. The third kappa shape index (κ3) is 6.99. The van der Waals surface area contributed by atoms with Crippen LogP contribution in [0.2, 0.25) is 0 Å². The molecule has 30 heavy (non-hydrogen) atoms. The molecule has 0 amide bonds. The molecule has 2 saturated heterocycles. The number of ether oxygens (including phenoxy) is 1. The third-order valence-electron chi connectivity index (χ3n) is 6.03. The predicted molar refractivity (Wildman–Crippen MR) is 137 cm³/mol. The molecule has 1 aromatic carbocycles. The van der Waals surface area contributed by atoms with E-state index in [1.807, 2.05) is 0 Å². The van der Waals surface area contributed by atoms with Crippen LogP contribution in [-0.2, 0) is 4.74 Å². The van der Waals surface area contributed by atoms with Crippen LogP contribution in [0.15, 0.2) is 29.3 Å². The van der Waals surface area contributed by atoms with E-state index in [2.05, 4.69) is 72.4 Å². The summed E-state index contributed by atoms with van der Waals surface area (Å²) in [5.41, 5.74) is 2.65. The average Bonchev–Trinajstić information content (AvgIpc) is 3.28. The summed E-state index contributed by atoms with van der Waals surface area (Å²) >= 11 is 0. The van der Waals surface area contributed by atoms with E-state index in [1.54, 1.807) is 0 Å². The molecule has 2 heterocycles. The van der Waals surface area contributed by atoms with E-state index in [-0.39, 0.29) is 35.6 Å². The predicted octanol–water partition coefficient (Wildman–Crippen LogP) is 3.63. The SMILES string of the molecule is CCNC(=NCC(C)(C)N1CCOCC1)NC(C)c1cccc(N2CCCC2)c1.I. The highest BCUT2D eigenvalue weighted by Gasteiger charge is 2.28. The number of halogens is 1.